The standard InChI is InChI=1S/C19H20O/c1-13-7-8-14(2)18(11-13)19(20)17-10-9-15-5-3-4-6-16(15)12-17/h3-8,11,17H,9-10,12H2,1-2H3. The number of hydrogen-bond donors (Lipinski definition) is 0. The van der Waals surface area contributed by atoms with Crippen molar-refractivity contribution in [1.29, 1.82) is 0 Å². The molecular formula is C19H20O. The third kappa shape index (κ3) is 2.40. The Balaban J connectivity index is 1.88. The van der Waals surface area contributed by atoms with Gasteiger partial charge in [-0.15, -0.1) is 0 Å². The van der Waals surface area contributed by atoms with E-state index in [1.165, 1.54) is 11.1 Å². The van der Waals surface area contributed by atoms with E-state index < -0.39 is 0 Å². The minimum absolute atomic E-state index is 0.144. The van der Waals surface area contributed by atoms with E-state index in [1.54, 1.807) is 0 Å². The van der Waals surface area contributed by atoms with Crippen LogP contribution in [-0.4, -0.2) is 5.78 Å². The fourth-order valence-corrected chi connectivity index (χ4v) is 3.14. The molecule has 0 saturated heterocycles. The molecule has 1 aliphatic carbocycles. The number of hydrogen-bond acceptors (Lipinski definition) is 1. The molecule has 0 fully saturated rings. The van der Waals surface area contributed by atoms with Crippen molar-refractivity contribution in [2.45, 2.75) is 33.1 Å². The summed E-state index contributed by atoms with van der Waals surface area (Å²) in [5.74, 6) is 0.464. The summed E-state index contributed by atoms with van der Waals surface area (Å²) in [6.45, 7) is 4.08. The lowest BCUT2D eigenvalue weighted by Crippen LogP contribution is -2.23. The highest BCUT2D eigenvalue weighted by molar-refractivity contribution is 5.99. The van der Waals surface area contributed by atoms with Gasteiger partial charge in [0.25, 0.3) is 0 Å². The third-order valence-corrected chi connectivity index (χ3v) is 4.38. The molecule has 0 amide bonds. The topological polar surface area (TPSA) is 17.1 Å². The second-order valence-corrected chi connectivity index (χ2v) is 5.89. The summed E-state index contributed by atoms with van der Waals surface area (Å²) in [6, 6.07) is 14.7. The first-order valence-electron chi connectivity index (χ1n) is 7.33. The van der Waals surface area contributed by atoms with Crippen molar-refractivity contribution in [2.75, 3.05) is 0 Å². The summed E-state index contributed by atoms with van der Waals surface area (Å²) >= 11 is 0. The average Bonchev–Trinajstić information content (AvgIpc) is 2.48. The molecule has 0 heterocycles. The molecule has 0 radical (unpaired) electrons. The van der Waals surface area contributed by atoms with Gasteiger partial charge in [0.1, 0.15) is 0 Å². The largest absolute Gasteiger partial charge is 0.294 e. The Morgan fingerprint density at radius 2 is 1.80 bits per heavy atom. The first-order valence-corrected chi connectivity index (χ1v) is 7.33. The lowest BCUT2D eigenvalue weighted by molar-refractivity contribution is 0.0908. The van der Waals surface area contributed by atoms with E-state index in [0.717, 1.165) is 36.0 Å². The average molecular weight is 264 g/mol. The molecule has 1 heteroatoms. The first-order chi connectivity index (χ1) is 9.65. The lowest BCUT2D eigenvalue weighted by atomic mass is 9.79. The van der Waals surface area contributed by atoms with Crippen LogP contribution >= 0.6 is 0 Å². The predicted octanol–water partition coefficient (Wildman–Crippen LogP) is 4.29. The normalized spacial score (nSPS) is 17.6. The Kier molecular flexibility index (Phi) is 3.43. The minimum atomic E-state index is 0.144. The molecule has 0 saturated carbocycles. The number of carbonyl (C=O) groups excluding carboxylic acids is 1. The second kappa shape index (κ2) is 5.24. The van der Waals surface area contributed by atoms with Crippen molar-refractivity contribution in [3.8, 4) is 0 Å². The van der Waals surface area contributed by atoms with Crippen LogP contribution in [0.4, 0.5) is 0 Å². The minimum Gasteiger partial charge on any atom is -0.294 e. The van der Waals surface area contributed by atoms with E-state index in [1.807, 2.05) is 19.9 Å². The fourth-order valence-electron chi connectivity index (χ4n) is 3.14. The molecule has 1 unspecified atom stereocenters. The monoisotopic (exact) mass is 264 g/mol. The van der Waals surface area contributed by atoms with Crippen LogP contribution in [0.3, 0.4) is 0 Å². The zero-order valence-corrected chi connectivity index (χ0v) is 12.1. The highest BCUT2D eigenvalue weighted by Crippen LogP contribution is 2.28. The Morgan fingerprint density at radius 1 is 1.05 bits per heavy atom. The van der Waals surface area contributed by atoms with E-state index in [-0.39, 0.29) is 5.92 Å². The summed E-state index contributed by atoms with van der Waals surface area (Å²) in [5.41, 5.74) is 5.93. The number of fused-ring (bicyclic) bond motifs is 1. The lowest BCUT2D eigenvalue weighted by Gasteiger charge is -2.24. The molecular weight excluding hydrogens is 244 g/mol. The van der Waals surface area contributed by atoms with Gasteiger partial charge in [-0.3, -0.25) is 4.79 Å². The highest BCUT2D eigenvalue weighted by atomic mass is 16.1. The number of aryl methyl sites for hydroxylation is 3. The van der Waals surface area contributed by atoms with Crippen molar-refractivity contribution in [3.05, 3.63) is 70.3 Å². The van der Waals surface area contributed by atoms with Gasteiger partial charge in [0.2, 0.25) is 0 Å². The number of benzene rings is 2. The molecule has 0 aliphatic heterocycles. The van der Waals surface area contributed by atoms with Crippen LogP contribution in [0.25, 0.3) is 0 Å². The van der Waals surface area contributed by atoms with E-state index in [2.05, 4.69) is 36.4 Å². The Hall–Kier alpha value is -1.89. The number of Topliss-reactive ketones (excluding diaryl/α,β-unsaturated/α-hetero) is 1. The summed E-state index contributed by atoms with van der Waals surface area (Å²) in [6.07, 6.45) is 2.89. The maximum Gasteiger partial charge on any atom is 0.166 e. The SMILES string of the molecule is Cc1ccc(C)c(C(=O)C2CCc3ccccc3C2)c1. The Labute approximate surface area is 120 Å². The van der Waals surface area contributed by atoms with Crippen molar-refractivity contribution in [2.24, 2.45) is 5.92 Å². The highest BCUT2D eigenvalue weighted by Gasteiger charge is 2.26. The zero-order valence-electron chi connectivity index (χ0n) is 12.1. The Bertz CT molecular complexity index is 655. The van der Waals surface area contributed by atoms with Crippen molar-refractivity contribution in [3.63, 3.8) is 0 Å². The fraction of sp³-hybridized carbons (Fsp3) is 0.316. The van der Waals surface area contributed by atoms with Crippen LogP contribution in [0.15, 0.2) is 42.5 Å². The van der Waals surface area contributed by atoms with Crippen LogP contribution < -0.4 is 0 Å². The second-order valence-electron chi connectivity index (χ2n) is 5.89. The molecule has 1 atom stereocenters. The zero-order chi connectivity index (χ0) is 14.1. The maximum absolute atomic E-state index is 12.8. The van der Waals surface area contributed by atoms with Crippen molar-refractivity contribution >= 4 is 5.78 Å². The van der Waals surface area contributed by atoms with E-state index in [9.17, 15) is 4.79 Å². The molecule has 1 nitrogen and oxygen atoms in total. The van der Waals surface area contributed by atoms with Crippen LogP contribution in [0.5, 0.6) is 0 Å². The van der Waals surface area contributed by atoms with Crippen molar-refractivity contribution in [1.82, 2.24) is 0 Å². The maximum atomic E-state index is 12.8. The van der Waals surface area contributed by atoms with E-state index >= 15 is 0 Å². The quantitative estimate of drug-likeness (QED) is 0.739. The van der Waals surface area contributed by atoms with Crippen LogP contribution in [0, 0.1) is 19.8 Å². The van der Waals surface area contributed by atoms with Gasteiger partial charge in [-0.2, -0.15) is 0 Å². The van der Waals surface area contributed by atoms with Crippen LogP contribution in [0.1, 0.15) is 39.0 Å². The first kappa shape index (κ1) is 13.1. The molecule has 0 spiro atoms. The smallest absolute Gasteiger partial charge is 0.166 e. The van der Waals surface area contributed by atoms with Gasteiger partial charge in [-0.1, -0.05) is 42.0 Å². The van der Waals surface area contributed by atoms with Gasteiger partial charge in [0, 0.05) is 11.5 Å². The van der Waals surface area contributed by atoms with Gasteiger partial charge >= 0.3 is 0 Å². The molecule has 3 rings (SSSR count). The molecule has 102 valence electrons. The number of carbonyl (C=O) groups is 1. The van der Waals surface area contributed by atoms with Gasteiger partial charge in [0.05, 0.1) is 0 Å². The summed E-state index contributed by atoms with van der Waals surface area (Å²) < 4.78 is 0. The Morgan fingerprint density at radius 3 is 2.60 bits per heavy atom. The molecule has 0 aromatic heterocycles. The van der Waals surface area contributed by atoms with Gasteiger partial charge in [0.15, 0.2) is 5.78 Å². The third-order valence-electron chi connectivity index (χ3n) is 4.38. The molecule has 0 bridgehead atoms. The summed E-state index contributed by atoms with van der Waals surface area (Å²) in [7, 11) is 0. The van der Waals surface area contributed by atoms with E-state index in [4.69, 9.17) is 0 Å². The molecule has 2 aromatic rings. The molecule has 2 aromatic carbocycles. The van der Waals surface area contributed by atoms with Crippen LogP contribution in [-0.2, 0) is 12.8 Å². The van der Waals surface area contributed by atoms with Gasteiger partial charge in [-0.05, 0) is 55.9 Å². The summed E-state index contributed by atoms with van der Waals surface area (Å²) in [5, 5.41) is 0. The van der Waals surface area contributed by atoms with E-state index in [0.29, 0.717) is 5.78 Å². The van der Waals surface area contributed by atoms with Gasteiger partial charge < -0.3 is 0 Å². The predicted molar refractivity (Wildman–Crippen MR) is 82.2 cm³/mol. The molecule has 1 aliphatic rings. The number of ketones is 1. The van der Waals surface area contributed by atoms with Crippen LogP contribution in [0.2, 0.25) is 0 Å². The molecule has 20 heavy (non-hydrogen) atoms. The van der Waals surface area contributed by atoms with Gasteiger partial charge in [-0.25, -0.2) is 0 Å². The molecule has 0 N–H and O–H groups in total. The number of rotatable bonds is 2. The van der Waals surface area contributed by atoms with Crippen molar-refractivity contribution < 1.29 is 4.79 Å². The summed E-state index contributed by atoms with van der Waals surface area (Å²) in [4.78, 5) is 12.8.